The number of nitrogens with one attached hydrogen (secondary N) is 1. The highest BCUT2D eigenvalue weighted by molar-refractivity contribution is 6.01. The quantitative estimate of drug-likeness (QED) is 0.940. The minimum absolute atomic E-state index is 0.0381. The number of halogens is 2. The van der Waals surface area contributed by atoms with Gasteiger partial charge in [0.05, 0.1) is 5.56 Å². The lowest BCUT2D eigenvalue weighted by Crippen LogP contribution is -2.31. The van der Waals surface area contributed by atoms with Crippen molar-refractivity contribution < 1.29 is 13.5 Å². The Hall–Kier alpha value is -2.43. The second-order valence-corrected chi connectivity index (χ2v) is 5.00. The second kappa shape index (κ2) is 6.56. The van der Waals surface area contributed by atoms with Gasteiger partial charge in [-0.25, -0.2) is 8.78 Å². The van der Waals surface area contributed by atoms with Gasteiger partial charge in [0.1, 0.15) is 29.8 Å². The zero-order valence-electron chi connectivity index (χ0n) is 12.0. The summed E-state index contributed by atoms with van der Waals surface area (Å²) in [5, 5.41) is 3.08. The van der Waals surface area contributed by atoms with E-state index in [9.17, 15) is 8.78 Å². The summed E-state index contributed by atoms with van der Waals surface area (Å²) in [5.74, 6) is 0.108. The van der Waals surface area contributed by atoms with Crippen LogP contribution in [0.1, 0.15) is 17.5 Å². The molecule has 0 radical (unpaired) electrons. The fourth-order valence-corrected chi connectivity index (χ4v) is 2.33. The molecule has 0 aliphatic carbocycles. The third-order valence-electron chi connectivity index (χ3n) is 3.45. The van der Waals surface area contributed by atoms with Gasteiger partial charge in [0.2, 0.25) is 0 Å². The minimum atomic E-state index is -0.404. The summed E-state index contributed by atoms with van der Waals surface area (Å²) in [4.78, 5) is 4.31. The molecule has 3 rings (SSSR count). The van der Waals surface area contributed by atoms with Crippen LogP contribution in [0.3, 0.4) is 0 Å². The van der Waals surface area contributed by atoms with Gasteiger partial charge in [-0.2, -0.15) is 0 Å². The first-order chi connectivity index (χ1) is 10.8. The monoisotopic (exact) mass is 302 g/mol. The predicted octanol–water partition coefficient (Wildman–Crippen LogP) is 3.28. The Labute approximate surface area is 127 Å². The highest BCUT2D eigenvalue weighted by atomic mass is 19.1. The van der Waals surface area contributed by atoms with E-state index in [1.54, 1.807) is 30.3 Å². The first-order valence-corrected chi connectivity index (χ1v) is 7.19. The number of aliphatic imine (C=N–C) groups is 1. The van der Waals surface area contributed by atoms with E-state index in [4.69, 9.17) is 4.74 Å². The lowest BCUT2D eigenvalue weighted by Gasteiger charge is -2.18. The van der Waals surface area contributed by atoms with Crippen LogP contribution in [0.5, 0.6) is 5.75 Å². The highest BCUT2D eigenvalue weighted by Gasteiger charge is 2.18. The molecule has 1 aliphatic rings. The van der Waals surface area contributed by atoms with E-state index >= 15 is 0 Å². The third-order valence-corrected chi connectivity index (χ3v) is 3.45. The Morgan fingerprint density at radius 1 is 1.05 bits per heavy atom. The van der Waals surface area contributed by atoms with Gasteiger partial charge in [0.25, 0.3) is 0 Å². The molecule has 0 aromatic heterocycles. The second-order valence-electron chi connectivity index (χ2n) is 5.00. The Bertz CT molecular complexity index is 701. The number of hydrogen-bond acceptors (Lipinski definition) is 3. The maximum Gasteiger partial charge on any atom is 0.137 e. The topological polar surface area (TPSA) is 33.6 Å². The molecule has 0 spiro atoms. The molecule has 0 unspecified atom stereocenters. The number of benzene rings is 2. The van der Waals surface area contributed by atoms with Gasteiger partial charge in [-0.3, -0.25) is 4.99 Å². The maximum atomic E-state index is 14.2. The van der Waals surface area contributed by atoms with Crippen LogP contribution < -0.4 is 10.1 Å². The van der Waals surface area contributed by atoms with Crippen molar-refractivity contribution in [1.29, 1.82) is 0 Å². The highest BCUT2D eigenvalue weighted by Crippen LogP contribution is 2.24. The lowest BCUT2D eigenvalue weighted by atomic mass is 10.1. The molecular formula is C17H16F2N2O. The lowest BCUT2D eigenvalue weighted by molar-refractivity contribution is 0.297. The molecule has 2 aromatic rings. The number of rotatable bonds is 4. The van der Waals surface area contributed by atoms with E-state index in [-0.39, 0.29) is 12.4 Å². The molecule has 114 valence electrons. The Balaban J connectivity index is 1.86. The van der Waals surface area contributed by atoms with Gasteiger partial charge >= 0.3 is 0 Å². The summed E-state index contributed by atoms with van der Waals surface area (Å²) in [6.07, 6.45) is 0.920. The summed E-state index contributed by atoms with van der Waals surface area (Å²) in [6, 6.07) is 11.0. The molecule has 0 saturated heterocycles. The standard InChI is InChI=1S/C17H16F2N2O/c18-13-6-2-1-5-12(13)11-22-15-8-3-7-14(19)16(15)17-20-9-4-10-21-17/h1-3,5-8H,4,9-11H2,(H,20,21). The smallest absolute Gasteiger partial charge is 0.137 e. The van der Waals surface area contributed by atoms with Crippen molar-refractivity contribution in [2.45, 2.75) is 13.0 Å². The van der Waals surface area contributed by atoms with Crippen LogP contribution in [-0.2, 0) is 6.61 Å². The number of ether oxygens (including phenoxy) is 1. The maximum absolute atomic E-state index is 14.2. The van der Waals surface area contributed by atoms with Crippen molar-refractivity contribution in [2.75, 3.05) is 13.1 Å². The Kier molecular flexibility index (Phi) is 4.32. The molecule has 0 amide bonds. The molecule has 0 saturated carbocycles. The zero-order valence-corrected chi connectivity index (χ0v) is 12.0. The van der Waals surface area contributed by atoms with Gasteiger partial charge in [0.15, 0.2) is 0 Å². The van der Waals surface area contributed by atoms with Crippen molar-refractivity contribution in [2.24, 2.45) is 4.99 Å². The first kappa shape index (κ1) is 14.5. The number of amidine groups is 1. The van der Waals surface area contributed by atoms with Crippen molar-refractivity contribution in [1.82, 2.24) is 5.32 Å². The van der Waals surface area contributed by atoms with E-state index in [0.29, 0.717) is 29.3 Å². The van der Waals surface area contributed by atoms with Crippen LogP contribution in [0.4, 0.5) is 8.78 Å². The Morgan fingerprint density at radius 2 is 1.86 bits per heavy atom. The largest absolute Gasteiger partial charge is 0.488 e. The Morgan fingerprint density at radius 3 is 2.64 bits per heavy atom. The molecule has 22 heavy (non-hydrogen) atoms. The molecule has 2 aromatic carbocycles. The summed E-state index contributed by atoms with van der Waals surface area (Å²) < 4.78 is 33.4. The van der Waals surface area contributed by atoms with Crippen LogP contribution in [0.15, 0.2) is 47.5 Å². The fourth-order valence-electron chi connectivity index (χ4n) is 2.33. The van der Waals surface area contributed by atoms with Gasteiger partial charge in [-0.1, -0.05) is 24.3 Å². The summed E-state index contributed by atoms with van der Waals surface area (Å²) in [5.41, 5.74) is 0.731. The predicted molar refractivity (Wildman–Crippen MR) is 81.2 cm³/mol. The van der Waals surface area contributed by atoms with E-state index in [1.807, 2.05) is 0 Å². The van der Waals surface area contributed by atoms with E-state index in [1.165, 1.54) is 12.1 Å². The summed E-state index contributed by atoms with van der Waals surface area (Å²) in [6.45, 7) is 1.44. The van der Waals surface area contributed by atoms with Crippen molar-refractivity contribution in [3.05, 3.63) is 65.2 Å². The molecule has 1 aliphatic heterocycles. The van der Waals surface area contributed by atoms with Crippen LogP contribution in [0.2, 0.25) is 0 Å². The minimum Gasteiger partial charge on any atom is -0.488 e. The molecule has 5 heteroatoms. The number of hydrogen-bond donors (Lipinski definition) is 1. The first-order valence-electron chi connectivity index (χ1n) is 7.19. The van der Waals surface area contributed by atoms with Gasteiger partial charge in [-0.05, 0) is 24.6 Å². The van der Waals surface area contributed by atoms with E-state index in [2.05, 4.69) is 10.3 Å². The van der Waals surface area contributed by atoms with E-state index in [0.717, 1.165) is 13.0 Å². The molecule has 0 bridgehead atoms. The zero-order chi connectivity index (χ0) is 15.4. The van der Waals surface area contributed by atoms with Crippen LogP contribution in [-0.4, -0.2) is 18.9 Å². The number of nitrogens with zero attached hydrogens (tertiary/aromatic N) is 1. The van der Waals surface area contributed by atoms with Crippen LogP contribution in [0, 0.1) is 11.6 Å². The van der Waals surface area contributed by atoms with Gasteiger partial charge in [0, 0.05) is 18.7 Å². The third kappa shape index (κ3) is 3.08. The fraction of sp³-hybridized carbons (Fsp3) is 0.235. The average molecular weight is 302 g/mol. The van der Waals surface area contributed by atoms with Gasteiger partial charge in [-0.15, -0.1) is 0 Å². The summed E-state index contributed by atoms with van der Waals surface area (Å²) in [7, 11) is 0. The van der Waals surface area contributed by atoms with Crippen molar-refractivity contribution >= 4 is 5.84 Å². The molecule has 1 N–H and O–H groups in total. The SMILES string of the molecule is Fc1ccccc1COc1cccc(F)c1C1=NCCCN1. The van der Waals surface area contributed by atoms with Gasteiger partial charge < -0.3 is 10.1 Å². The van der Waals surface area contributed by atoms with Crippen molar-refractivity contribution in [3.8, 4) is 5.75 Å². The molecule has 1 heterocycles. The van der Waals surface area contributed by atoms with Crippen LogP contribution >= 0.6 is 0 Å². The molecule has 3 nitrogen and oxygen atoms in total. The molecule has 0 atom stereocenters. The van der Waals surface area contributed by atoms with Crippen LogP contribution in [0.25, 0.3) is 0 Å². The normalized spacial score (nSPS) is 14.2. The molecule has 0 fully saturated rings. The summed E-state index contributed by atoms with van der Waals surface area (Å²) >= 11 is 0. The average Bonchev–Trinajstić information content (AvgIpc) is 2.55. The molecular weight excluding hydrogens is 286 g/mol. The van der Waals surface area contributed by atoms with Crippen molar-refractivity contribution in [3.63, 3.8) is 0 Å². The van der Waals surface area contributed by atoms with E-state index < -0.39 is 5.82 Å².